The van der Waals surface area contributed by atoms with Crippen LogP contribution in [0, 0.1) is 15.9 Å². The third-order valence-corrected chi connectivity index (χ3v) is 2.25. The Labute approximate surface area is 105 Å². The maximum atomic E-state index is 13.1. The minimum Gasteiger partial charge on any atom is -0.460 e. The van der Waals surface area contributed by atoms with Crippen molar-refractivity contribution in [1.82, 2.24) is 0 Å². The van der Waals surface area contributed by atoms with Gasteiger partial charge in [-0.15, -0.1) is 0 Å². The van der Waals surface area contributed by atoms with Gasteiger partial charge in [-0.05, 0) is 6.92 Å². The highest BCUT2D eigenvalue weighted by Gasteiger charge is 2.25. The highest BCUT2D eigenvalue weighted by atomic mass is 35.5. The van der Waals surface area contributed by atoms with Crippen molar-refractivity contribution < 1.29 is 23.6 Å². The number of benzene rings is 1. The second-order valence-corrected chi connectivity index (χ2v) is 3.50. The molecule has 0 saturated heterocycles. The third kappa shape index (κ3) is 2.80. The molecule has 0 bridgehead atoms. The summed E-state index contributed by atoms with van der Waals surface area (Å²) in [6.07, 6.45) is 0. The number of nitrogens with zero attached hydrogens (tertiary/aromatic N) is 1. The first-order valence-corrected chi connectivity index (χ1v) is 5.11. The fraction of sp³-hybridized carbons (Fsp3) is 0.200. The lowest BCUT2D eigenvalue weighted by atomic mass is 10.1. The van der Waals surface area contributed by atoms with E-state index in [0.717, 1.165) is 0 Å². The number of carbonyl (C=O) groups excluding carboxylic acids is 2. The van der Waals surface area contributed by atoms with E-state index in [9.17, 15) is 24.1 Å². The number of Topliss-reactive ketones (excluding diaryl/α,β-unsaturated/α-hetero) is 1. The van der Waals surface area contributed by atoms with E-state index >= 15 is 0 Å². The molecule has 96 valence electrons. The Morgan fingerprint density at radius 3 is 2.61 bits per heavy atom. The van der Waals surface area contributed by atoms with Crippen molar-refractivity contribution in [2.24, 2.45) is 0 Å². The minimum absolute atomic E-state index is 0.0362. The van der Waals surface area contributed by atoms with E-state index in [4.69, 9.17) is 11.6 Å². The van der Waals surface area contributed by atoms with E-state index in [1.165, 1.54) is 6.92 Å². The van der Waals surface area contributed by atoms with Crippen molar-refractivity contribution in [2.45, 2.75) is 6.92 Å². The van der Waals surface area contributed by atoms with Gasteiger partial charge in [-0.2, -0.15) is 4.39 Å². The van der Waals surface area contributed by atoms with Gasteiger partial charge in [0.05, 0.1) is 22.1 Å². The molecule has 1 aromatic rings. The number of ketones is 1. The number of hydrogen-bond acceptors (Lipinski definition) is 5. The average Bonchev–Trinajstić information content (AvgIpc) is 2.28. The lowest BCUT2D eigenvalue weighted by Crippen LogP contribution is -2.18. The summed E-state index contributed by atoms with van der Waals surface area (Å²) in [5, 5.41) is 10.1. The molecule has 0 radical (unpaired) electrons. The van der Waals surface area contributed by atoms with Crippen molar-refractivity contribution in [1.29, 1.82) is 0 Å². The molecule has 0 heterocycles. The predicted octanol–water partition coefficient (Wildman–Crippen LogP) is 2.13. The molecule has 0 aliphatic heterocycles. The fourth-order valence-electron chi connectivity index (χ4n) is 1.16. The highest BCUT2D eigenvalue weighted by Crippen LogP contribution is 2.26. The van der Waals surface area contributed by atoms with Gasteiger partial charge in [0.15, 0.2) is 0 Å². The zero-order valence-corrected chi connectivity index (χ0v) is 9.86. The topological polar surface area (TPSA) is 86.5 Å². The second kappa shape index (κ2) is 5.54. The van der Waals surface area contributed by atoms with Gasteiger partial charge < -0.3 is 4.74 Å². The van der Waals surface area contributed by atoms with Crippen molar-refractivity contribution >= 4 is 29.0 Å². The van der Waals surface area contributed by atoms with Crippen LogP contribution in [0.4, 0.5) is 10.1 Å². The standard InChI is InChI=1S/C10H7ClFNO5/c1-2-18-10(15)9(14)5-3-8(13(16)17)7(12)4-6(5)11/h3-4H,2H2,1H3. The summed E-state index contributed by atoms with van der Waals surface area (Å²) >= 11 is 5.55. The molecule has 0 spiro atoms. The number of halogens is 2. The third-order valence-electron chi connectivity index (χ3n) is 1.94. The minimum atomic E-state index is -1.21. The molecule has 0 aromatic heterocycles. The number of ether oxygens (including phenoxy) is 1. The summed E-state index contributed by atoms with van der Waals surface area (Å²) < 4.78 is 17.6. The first-order valence-electron chi connectivity index (χ1n) is 4.73. The molecule has 0 N–H and O–H groups in total. The summed E-state index contributed by atoms with van der Waals surface area (Å²) in [7, 11) is 0. The smallest absolute Gasteiger partial charge is 0.379 e. The van der Waals surface area contributed by atoms with Gasteiger partial charge in [-0.3, -0.25) is 14.9 Å². The van der Waals surface area contributed by atoms with Crippen LogP contribution in [-0.2, 0) is 9.53 Å². The molecule has 18 heavy (non-hydrogen) atoms. The van der Waals surface area contributed by atoms with Gasteiger partial charge in [0, 0.05) is 12.1 Å². The monoisotopic (exact) mass is 275 g/mol. The van der Waals surface area contributed by atoms with Gasteiger partial charge in [0.2, 0.25) is 5.82 Å². The Morgan fingerprint density at radius 1 is 1.50 bits per heavy atom. The summed E-state index contributed by atoms with van der Waals surface area (Å²) in [5.41, 5.74) is -1.41. The van der Waals surface area contributed by atoms with Gasteiger partial charge >= 0.3 is 11.7 Å². The molecule has 0 aliphatic carbocycles. The van der Waals surface area contributed by atoms with Gasteiger partial charge in [0.1, 0.15) is 0 Å². The molecule has 6 nitrogen and oxygen atoms in total. The van der Waals surface area contributed by atoms with E-state index < -0.39 is 38.8 Å². The predicted molar refractivity (Wildman–Crippen MR) is 59.0 cm³/mol. The number of nitro benzene ring substituents is 1. The second-order valence-electron chi connectivity index (χ2n) is 3.09. The van der Waals surface area contributed by atoms with Crippen LogP contribution >= 0.6 is 11.6 Å². The maximum absolute atomic E-state index is 13.1. The molecule has 1 aromatic carbocycles. The first kappa shape index (κ1) is 14.0. The number of rotatable bonds is 4. The molecule has 0 amide bonds. The van der Waals surface area contributed by atoms with Crippen LogP contribution in [0.15, 0.2) is 12.1 Å². The van der Waals surface area contributed by atoms with Gasteiger partial charge in [0.25, 0.3) is 5.78 Å². The maximum Gasteiger partial charge on any atom is 0.379 e. The Hall–Kier alpha value is -2.02. The van der Waals surface area contributed by atoms with Crippen LogP contribution in [0.25, 0.3) is 0 Å². The SMILES string of the molecule is CCOC(=O)C(=O)c1cc([N+](=O)[O-])c(F)cc1Cl. The molecule has 0 aliphatic rings. The molecular weight excluding hydrogens is 269 g/mol. The quantitative estimate of drug-likeness (QED) is 0.276. The van der Waals surface area contributed by atoms with Crippen LogP contribution in [-0.4, -0.2) is 23.3 Å². The van der Waals surface area contributed by atoms with Crippen LogP contribution < -0.4 is 0 Å². The van der Waals surface area contributed by atoms with Crippen molar-refractivity contribution in [3.05, 3.63) is 38.7 Å². The number of carbonyl (C=O) groups is 2. The number of esters is 1. The summed E-state index contributed by atoms with van der Waals surface area (Å²) in [5.74, 6) is -3.56. The molecular formula is C10H7ClFNO5. The summed E-state index contributed by atoms with van der Waals surface area (Å²) in [6, 6.07) is 1.21. The Morgan fingerprint density at radius 2 is 2.11 bits per heavy atom. The van der Waals surface area contributed by atoms with Crippen molar-refractivity contribution in [3.8, 4) is 0 Å². The molecule has 0 saturated carbocycles. The highest BCUT2D eigenvalue weighted by molar-refractivity contribution is 6.45. The number of nitro groups is 1. The Kier molecular flexibility index (Phi) is 4.33. The van der Waals surface area contributed by atoms with Crippen molar-refractivity contribution in [2.75, 3.05) is 6.61 Å². The summed E-state index contributed by atoms with van der Waals surface area (Å²) in [6.45, 7) is 1.45. The molecule has 1 rings (SSSR count). The van der Waals surface area contributed by atoms with E-state index in [1.54, 1.807) is 0 Å². The Bertz CT molecular complexity index is 531. The van der Waals surface area contributed by atoms with E-state index in [0.29, 0.717) is 12.1 Å². The largest absolute Gasteiger partial charge is 0.460 e. The normalized spacial score (nSPS) is 9.94. The van der Waals surface area contributed by atoms with Crippen LogP contribution in [0.5, 0.6) is 0 Å². The lowest BCUT2D eigenvalue weighted by molar-refractivity contribution is -0.387. The van der Waals surface area contributed by atoms with E-state index in [1.807, 2.05) is 0 Å². The zero-order chi connectivity index (χ0) is 13.9. The van der Waals surface area contributed by atoms with Crippen LogP contribution in [0.3, 0.4) is 0 Å². The Balaban J connectivity index is 3.24. The van der Waals surface area contributed by atoms with E-state index in [2.05, 4.69) is 4.74 Å². The van der Waals surface area contributed by atoms with Crippen LogP contribution in [0.1, 0.15) is 17.3 Å². The number of hydrogen-bond donors (Lipinski definition) is 0. The average molecular weight is 276 g/mol. The fourth-order valence-corrected chi connectivity index (χ4v) is 1.39. The van der Waals surface area contributed by atoms with Crippen LogP contribution in [0.2, 0.25) is 5.02 Å². The molecule has 0 unspecified atom stereocenters. The van der Waals surface area contributed by atoms with E-state index in [-0.39, 0.29) is 6.61 Å². The van der Waals surface area contributed by atoms with Crippen molar-refractivity contribution in [3.63, 3.8) is 0 Å². The lowest BCUT2D eigenvalue weighted by Gasteiger charge is -2.03. The van der Waals surface area contributed by atoms with Gasteiger partial charge in [-0.1, -0.05) is 11.6 Å². The van der Waals surface area contributed by atoms with Gasteiger partial charge in [-0.25, -0.2) is 4.79 Å². The molecule has 0 atom stereocenters. The molecule has 8 heteroatoms. The summed E-state index contributed by atoms with van der Waals surface area (Å²) in [4.78, 5) is 32.2. The first-order chi connectivity index (χ1) is 8.38. The zero-order valence-electron chi connectivity index (χ0n) is 9.11. The molecule has 0 fully saturated rings.